The lowest BCUT2D eigenvalue weighted by atomic mass is 10.1. The molecule has 0 heterocycles. The molecule has 0 unspecified atom stereocenters. The molecule has 1 rings (SSSR count). The number of non-ortho nitro benzene ring substituents is 1. The van der Waals surface area contributed by atoms with E-state index in [1.165, 1.54) is 12.1 Å². The Morgan fingerprint density at radius 1 is 1.33 bits per heavy atom. The van der Waals surface area contributed by atoms with Crippen LogP contribution in [0.3, 0.4) is 0 Å². The fraction of sp³-hybridized carbons (Fsp3) is 0.417. The Morgan fingerprint density at radius 2 is 1.89 bits per heavy atom. The first-order valence-corrected chi connectivity index (χ1v) is 5.49. The van der Waals surface area contributed by atoms with E-state index in [1.807, 2.05) is 0 Å². The smallest absolute Gasteiger partial charge is 0.344 e. The lowest BCUT2D eigenvalue weighted by Gasteiger charge is -2.11. The van der Waals surface area contributed by atoms with Crippen molar-refractivity contribution in [2.24, 2.45) is 0 Å². The average molecular weight is 253 g/mol. The summed E-state index contributed by atoms with van der Waals surface area (Å²) in [5.74, 6) is 0.0169. The van der Waals surface area contributed by atoms with E-state index >= 15 is 0 Å². The van der Waals surface area contributed by atoms with Crippen LogP contribution in [0.15, 0.2) is 12.1 Å². The van der Waals surface area contributed by atoms with Gasteiger partial charge in [-0.3, -0.25) is 10.1 Å². The predicted molar refractivity (Wildman–Crippen MR) is 64.7 cm³/mol. The first-order chi connectivity index (χ1) is 8.45. The summed E-state index contributed by atoms with van der Waals surface area (Å²) in [5.41, 5.74) is 1.24. The summed E-state index contributed by atoms with van der Waals surface area (Å²) < 4.78 is 10.1. The highest BCUT2D eigenvalue weighted by molar-refractivity contribution is 5.71. The molecule has 0 saturated carbocycles. The van der Waals surface area contributed by atoms with Crippen molar-refractivity contribution in [1.82, 2.24) is 0 Å². The molecular weight excluding hydrogens is 238 g/mol. The molecule has 0 aliphatic heterocycles. The highest BCUT2D eigenvalue weighted by atomic mass is 16.6. The number of carbonyl (C=O) groups excluding carboxylic acids is 1. The number of hydrogen-bond donors (Lipinski definition) is 0. The van der Waals surface area contributed by atoms with Crippen LogP contribution in [0, 0.1) is 24.0 Å². The van der Waals surface area contributed by atoms with Crippen LogP contribution in [-0.4, -0.2) is 24.1 Å². The maximum absolute atomic E-state index is 11.2. The molecule has 0 radical (unpaired) electrons. The standard InChI is InChI=1S/C12H15NO5/c1-4-17-11(14)7-18-12-8(2)5-10(13(15)16)6-9(12)3/h5-6H,4,7H2,1-3H3. The van der Waals surface area contributed by atoms with Gasteiger partial charge in [0, 0.05) is 12.1 Å². The number of nitro benzene ring substituents is 1. The van der Waals surface area contributed by atoms with Crippen LogP contribution in [0.2, 0.25) is 0 Å². The van der Waals surface area contributed by atoms with Gasteiger partial charge >= 0.3 is 5.97 Å². The van der Waals surface area contributed by atoms with Crippen LogP contribution in [-0.2, 0) is 9.53 Å². The molecule has 0 atom stereocenters. The second-order valence-electron chi connectivity index (χ2n) is 3.76. The van der Waals surface area contributed by atoms with E-state index in [-0.39, 0.29) is 12.3 Å². The van der Waals surface area contributed by atoms with E-state index in [0.29, 0.717) is 23.5 Å². The lowest BCUT2D eigenvalue weighted by molar-refractivity contribution is -0.385. The number of esters is 1. The molecular formula is C12H15NO5. The number of nitro groups is 1. The average Bonchev–Trinajstić information content (AvgIpc) is 2.27. The fourth-order valence-electron chi connectivity index (χ4n) is 1.59. The number of ether oxygens (including phenoxy) is 2. The predicted octanol–water partition coefficient (Wildman–Crippen LogP) is 2.15. The Morgan fingerprint density at radius 3 is 2.33 bits per heavy atom. The summed E-state index contributed by atoms with van der Waals surface area (Å²) in [6.45, 7) is 5.19. The van der Waals surface area contributed by atoms with E-state index in [1.54, 1.807) is 20.8 Å². The number of carbonyl (C=O) groups is 1. The molecule has 0 aliphatic carbocycles. The summed E-state index contributed by atoms with van der Waals surface area (Å²) in [7, 11) is 0. The molecule has 0 bridgehead atoms. The van der Waals surface area contributed by atoms with Crippen molar-refractivity contribution in [1.29, 1.82) is 0 Å². The molecule has 0 amide bonds. The van der Waals surface area contributed by atoms with Crippen molar-refractivity contribution in [2.75, 3.05) is 13.2 Å². The zero-order valence-electron chi connectivity index (χ0n) is 10.6. The number of aryl methyl sites for hydroxylation is 2. The van der Waals surface area contributed by atoms with Gasteiger partial charge in [0.2, 0.25) is 0 Å². The molecule has 18 heavy (non-hydrogen) atoms. The van der Waals surface area contributed by atoms with Crippen LogP contribution in [0.5, 0.6) is 5.75 Å². The summed E-state index contributed by atoms with van der Waals surface area (Å²) in [6.07, 6.45) is 0. The lowest BCUT2D eigenvalue weighted by Crippen LogP contribution is -2.15. The van der Waals surface area contributed by atoms with Crippen molar-refractivity contribution in [3.8, 4) is 5.75 Å². The normalized spacial score (nSPS) is 9.94. The summed E-state index contributed by atoms with van der Waals surface area (Å²) in [5, 5.41) is 10.7. The molecule has 1 aromatic rings. The number of nitrogens with zero attached hydrogens (tertiary/aromatic N) is 1. The van der Waals surface area contributed by atoms with Gasteiger partial charge in [0.15, 0.2) is 6.61 Å². The number of hydrogen-bond acceptors (Lipinski definition) is 5. The maximum atomic E-state index is 11.2. The van der Waals surface area contributed by atoms with Crippen molar-refractivity contribution in [2.45, 2.75) is 20.8 Å². The Hall–Kier alpha value is -2.11. The van der Waals surface area contributed by atoms with E-state index in [9.17, 15) is 14.9 Å². The summed E-state index contributed by atoms with van der Waals surface area (Å²) in [6, 6.07) is 2.82. The molecule has 0 aromatic heterocycles. The van der Waals surface area contributed by atoms with E-state index in [4.69, 9.17) is 9.47 Å². The molecule has 0 aliphatic rings. The Kier molecular flexibility index (Phi) is 4.65. The SMILES string of the molecule is CCOC(=O)COc1c(C)cc([N+](=O)[O-])cc1C. The fourth-order valence-corrected chi connectivity index (χ4v) is 1.59. The highest BCUT2D eigenvalue weighted by Crippen LogP contribution is 2.28. The zero-order chi connectivity index (χ0) is 13.7. The first kappa shape index (κ1) is 14.0. The minimum Gasteiger partial charge on any atom is -0.481 e. The summed E-state index contributed by atoms with van der Waals surface area (Å²) >= 11 is 0. The van der Waals surface area contributed by atoms with Crippen molar-refractivity contribution >= 4 is 11.7 Å². The third-order valence-corrected chi connectivity index (χ3v) is 2.30. The van der Waals surface area contributed by atoms with Gasteiger partial charge < -0.3 is 9.47 Å². The van der Waals surface area contributed by atoms with Crippen LogP contribution < -0.4 is 4.74 Å². The number of rotatable bonds is 5. The minimum atomic E-state index is -0.463. The van der Waals surface area contributed by atoms with Gasteiger partial charge in [-0.25, -0.2) is 4.79 Å². The van der Waals surface area contributed by atoms with Gasteiger partial charge in [-0.2, -0.15) is 0 Å². The second-order valence-corrected chi connectivity index (χ2v) is 3.76. The largest absolute Gasteiger partial charge is 0.481 e. The van der Waals surface area contributed by atoms with Crippen LogP contribution in [0.25, 0.3) is 0 Å². The highest BCUT2D eigenvalue weighted by Gasteiger charge is 2.14. The Labute approximate surface area is 105 Å². The van der Waals surface area contributed by atoms with E-state index < -0.39 is 10.9 Å². The Balaban J connectivity index is 2.84. The third kappa shape index (κ3) is 3.44. The van der Waals surface area contributed by atoms with Crippen molar-refractivity contribution in [3.05, 3.63) is 33.4 Å². The van der Waals surface area contributed by atoms with Crippen molar-refractivity contribution in [3.63, 3.8) is 0 Å². The topological polar surface area (TPSA) is 78.7 Å². The van der Waals surface area contributed by atoms with Crippen molar-refractivity contribution < 1.29 is 19.2 Å². The van der Waals surface area contributed by atoms with Crippen LogP contribution in [0.1, 0.15) is 18.1 Å². The van der Waals surface area contributed by atoms with Crippen LogP contribution in [0.4, 0.5) is 5.69 Å². The summed E-state index contributed by atoms with van der Waals surface area (Å²) in [4.78, 5) is 21.4. The molecule has 6 heteroatoms. The van der Waals surface area contributed by atoms with Gasteiger partial charge in [0.05, 0.1) is 11.5 Å². The van der Waals surface area contributed by atoms with E-state index in [0.717, 1.165) is 0 Å². The molecule has 0 N–H and O–H groups in total. The van der Waals surface area contributed by atoms with Gasteiger partial charge in [-0.15, -0.1) is 0 Å². The molecule has 6 nitrogen and oxygen atoms in total. The van der Waals surface area contributed by atoms with Gasteiger partial charge in [0.1, 0.15) is 5.75 Å². The van der Waals surface area contributed by atoms with Gasteiger partial charge in [0.25, 0.3) is 5.69 Å². The molecule has 0 spiro atoms. The number of benzene rings is 1. The van der Waals surface area contributed by atoms with E-state index in [2.05, 4.69) is 0 Å². The first-order valence-electron chi connectivity index (χ1n) is 5.49. The molecule has 0 fully saturated rings. The maximum Gasteiger partial charge on any atom is 0.344 e. The molecule has 1 aromatic carbocycles. The zero-order valence-corrected chi connectivity index (χ0v) is 10.6. The monoisotopic (exact) mass is 253 g/mol. The van der Waals surface area contributed by atoms with Gasteiger partial charge in [-0.1, -0.05) is 0 Å². The second kappa shape index (κ2) is 6.00. The van der Waals surface area contributed by atoms with Crippen LogP contribution >= 0.6 is 0 Å². The minimum absolute atomic E-state index is 0.00786. The quantitative estimate of drug-likeness (QED) is 0.456. The molecule has 98 valence electrons. The van der Waals surface area contributed by atoms with Gasteiger partial charge in [-0.05, 0) is 31.9 Å². The third-order valence-electron chi connectivity index (χ3n) is 2.30. The molecule has 0 saturated heterocycles. The Bertz CT molecular complexity index is 447.